The van der Waals surface area contributed by atoms with Crippen LogP contribution in [0.1, 0.15) is 36.3 Å². The first kappa shape index (κ1) is 28.4. The molecule has 1 fully saturated rings. The molecule has 2 atom stereocenters. The van der Waals surface area contributed by atoms with Gasteiger partial charge in [0.2, 0.25) is 5.91 Å². The van der Waals surface area contributed by atoms with E-state index in [1.807, 2.05) is 4.90 Å². The van der Waals surface area contributed by atoms with Crippen LogP contribution in [0.5, 0.6) is 11.5 Å². The molecule has 4 N–H and O–H groups in total. The van der Waals surface area contributed by atoms with E-state index in [4.69, 9.17) is 16.3 Å². The first-order valence-corrected chi connectivity index (χ1v) is 13.6. The SMILES string of the molecule is C=CC(=O)N1CCN2C(=N)c3c(Nc4c(C)ccnc4C(C)O)c(F)c(-c4ccccc4O)c(Cl)c3OCCC2C1. The molecule has 1 saturated heterocycles. The lowest BCUT2D eigenvalue weighted by Crippen LogP contribution is -2.57. The normalized spacial score (nSPS) is 17.5. The van der Waals surface area contributed by atoms with Crippen molar-refractivity contribution in [1.82, 2.24) is 14.8 Å². The molecule has 0 aliphatic carbocycles. The number of anilines is 2. The lowest BCUT2D eigenvalue weighted by molar-refractivity contribution is -0.128. The fraction of sp³-hybridized carbons (Fsp3) is 0.300. The number of phenols is 1. The minimum Gasteiger partial charge on any atom is -0.507 e. The number of ether oxygens (including phenoxy) is 1. The molecule has 2 unspecified atom stereocenters. The van der Waals surface area contributed by atoms with Crippen LogP contribution in [0.4, 0.5) is 15.8 Å². The molecule has 0 radical (unpaired) electrons. The van der Waals surface area contributed by atoms with Gasteiger partial charge in [-0.1, -0.05) is 36.4 Å². The van der Waals surface area contributed by atoms with Gasteiger partial charge in [0, 0.05) is 43.4 Å². The quantitative estimate of drug-likeness (QED) is 0.308. The molecule has 1 aromatic heterocycles. The number of hydrogen-bond acceptors (Lipinski definition) is 7. The average molecular weight is 580 g/mol. The Morgan fingerprint density at radius 3 is 2.76 bits per heavy atom. The summed E-state index contributed by atoms with van der Waals surface area (Å²) >= 11 is 6.84. The number of carbonyl (C=O) groups excluding carboxylic acids is 1. The largest absolute Gasteiger partial charge is 0.507 e. The van der Waals surface area contributed by atoms with E-state index in [1.165, 1.54) is 12.1 Å². The Kier molecular flexibility index (Phi) is 7.88. The van der Waals surface area contributed by atoms with Gasteiger partial charge in [0.1, 0.15) is 11.6 Å². The standard InChI is InChI=1S/C30H31ClFN5O4/c1-4-21(40)36-12-13-37-18(15-36)10-14-41-29-23(30(37)33)28(35-26-16(2)9-11-34-27(26)17(3)38)25(32)22(24(29)31)19-7-5-6-8-20(19)39/h4-9,11,17-18,33,35,38-39H,1,10,12-15H2,2-3H3. The fourth-order valence-electron chi connectivity index (χ4n) is 5.42. The molecule has 3 heterocycles. The van der Waals surface area contributed by atoms with E-state index >= 15 is 4.39 Å². The minimum absolute atomic E-state index is 0.0253. The number of phenolic OH excluding ortho intramolecular Hbond substituents is 1. The second-order valence-corrected chi connectivity index (χ2v) is 10.5. The van der Waals surface area contributed by atoms with Gasteiger partial charge in [-0.15, -0.1) is 0 Å². The maximum Gasteiger partial charge on any atom is 0.246 e. The Bertz CT molecular complexity index is 1550. The number of para-hydroxylation sites is 1. The Morgan fingerprint density at radius 1 is 1.29 bits per heavy atom. The number of piperazine rings is 1. The van der Waals surface area contributed by atoms with Gasteiger partial charge in [-0.25, -0.2) is 4.39 Å². The van der Waals surface area contributed by atoms with Crippen molar-refractivity contribution in [2.45, 2.75) is 32.4 Å². The first-order valence-electron chi connectivity index (χ1n) is 13.3. The molecule has 1 amide bonds. The number of nitrogens with one attached hydrogen (secondary N) is 2. The highest BCUT2D eigenvalue weighted by molar-refractivity contribution is 6.36. The Balaban J connectivity index is 1.73. The molecule has 11 heteroatoms. The molecule has 2 aromatic carbocycles. The molecule has 2 aliphatic heterocycles. The Labute approximate surface area is 242 Å². The lowest BCUT2D eigenvalue weighted by Gasteiger charge is -2.44. The number of rotatable bonds is 5. The van der Waals surface area contributed by atoms with Gasteiger partial charge in [0.25, 0.3) is 0 Å². The number of aliphatic hydroxyl groups is 1. The predicted octanol–water partition coefficient (Wildman–Crippen LogP) is 5.16. The van der Waals surface area contributed by atoms with Gasteiger partial charge in [0.05, 0.1) is 46.4 Å². The number of benzene rings is 2. The van der Waals surface area contributed by atoms with E-state index in [-0.39, 0.29) is 63.3 Å². The van der Waals surface area contributed by atoms with E-state index in [0.717, 1.165) is 0 Å². The number of amidine groups is 1. The molecule has 9 nitrogen and oxygen atoms in total. The van der Waals surface area contributed by atoms with Gasteiger partial charge in [0.15, 0.2) is 11.6 Å². The third-order valence-corrected chi connectivity index (χ3v) is 7.89. The Morgan fingerprint density at radius 2 is 2.05 bits per heavy atom. The van der Waals surface area contributed by atoms with Crippen molar-refractivity contribution in [2.75, 3.05) is 31.6 Å². The third-order valence-electron chi connectivity index (χ3n) is 7.53. The van der Waals surface area contributed by atoms with Crippen LogP contribution in [0.25, 0.3) is 11.1 Å². The zero-order valence-corrected chi connectivity index (χ0v) is 23.5. The number of hydrogen-bond donors (Lipinski definition) is 4. The first-order chi connectivity index (χ1) is 19.6. The summed E-state index contributed by atoms with van der Waals surface area (Å²) in [6.45, 7) is 8.18. The van der Waals surface area contributed by atoms with Crippen LogP contribution < -0.4 is 10.1 Å². The molecule has 5 rings (SSSR count). The van der Waals surface area contributed by atoms with E-state index < -0.39 is 11.9 Å². The molecule has 2 aliphatic rings. The zero-order valence-electron chi connectivity index (χ0n) is 22.7. The van der Waals surface area contributed by atoms with Crippen LogP contribution in [-0.2, 0) is 4.79 Å². The third kappa shape index (κ3) is 5.09. The molecule has 214 valence electrons. The van der Waals surface area contributed by atoms with Crippen molar-refractivity contribution in [1.29, 1.82) is 5.41 Å². The van der Waals surface area contributed by atoms with Crippen LogP contribution in [0, 0.1) is 18.2 Å². The maximum absolute atomic E-state index is 16.8. The number of aromatic nitrogens is 1. The van der Waals surface area contributed by atoms with Crippen molar-refractivity contribution in [3.8, 4) is 22.6 Å². The molecule has 3 aromatic rings. The number of aryl methyl sites for hydroxylation is 1. The zero-order chi connectivity index (χ0) is 29.4. The van der Waals surface area contributed by atoms with E-state index in [2.05, 4.69) is 16.9 Å². The van der Waals surface area contributed by atoms with E-state index in [0.29, 0.717) is 43.0 Å². The molecule has 0 bridgehead atoms. The molecule has 41 heavy (non-hydrogen) atoms. The van der Waals surface area contributed by atoms with Crippen molar-refractivity contribution >= 4 is 34.7 Å². The Hall–Kier alpha value is -4.15. The van der Waals surface area contributed by atoms with Gasteiger partial charge < -0.3 is 30.1 Å². The number of pyridine rings is 1. The lowest BCUT2D eigenvalue weighted by atomic mass is 9.96. The monoisotopic (exact) mass is 579 g/mol. The summed E-state index contributed by atoms with van der Waals surface area (Å²) in [6.07, 6.45) is 2.34. The van der Waals surface area contributed by atoms with Gasteiger partial charge in [-0.3, -0.25) is 15.2 Å². The summed E-state index contributed by atoms with van der Waals surface area (Å²) < 4.78 is 23.0. The molecular weight excluding hydrogens is 549 g/mol. The van der Waals surface area contributed by atoms with Gasteiger partial charge in [-0.2, -0.15) is 0 Å². The van der Waals surface area contributed by atoms with E-state index in [1.54, 1.807) is 49.2 Å². The molecular formula is C30H31ClFN5O4. The summed E-state index contributed by atoms with van der Waals surface area (Å²) in [7, 11) is 0. The topological polar surface area (TPSA) is 122 Å². The minimum atomic E-state index is -0.970. The predicted molar refractivity (Wildman–Crippen MR) is 156 cm³/mol. The molecule has 0 saturated carbocycles. The van der Waals surface area contributed by atoms with Crippen molar-refractivity contribution in [3.05, 3.63) is 76.8 Å². The maximum atomic E-state index is 16.8. The summed E-state index contributed by atoms with van der Waals surface area (Å²) in [6, 6.07) is 7.73. The number of nitrogens with zero attached hydrogens (tertiary/aromatic N) is 3. The fourth-order valence-corrected chi connectivity index (χ4v) is 5.75. The van der Waals surface area contributed by atoms with Crippen molar-refractivity contribution in [3.63, 3.8) is 0 Å². The van der Waals surface area contributed by atoms with E-state index in [9.17, 15) is 20.4 Å². The average Bonchev–Trinajstić information content (AvgIpc) is 2.95. The summed E-state index contributed by atoms with van der Waals surface area (Å²) in [5.74, 6) is -1.10. The highest BCUT2D eigenvalue weighted by Crippen LogP contribution is 2.49. The number of aromatic hydroxyl groups is 1. The number of halogens is 2. The number of fused-ring (bicyclic) bond motifs is 2. The number of amides is 1. The second kappa shape index (κ2) is 11.4. The van der Waals surface area contributed by atoms with Gasteiger partial charge in [-0.05, 0) is 37.6 Å². The summed E-state index contributed by atoms with van der Waals surface area (Å²) in [5.41, 5.74) is 1.43. The second-order valence-electron chi connectivity index (χ2n) is 10.1. The van der Waals surface area contributed by atoms with Crippen LogP contribution in [0.15, 0.2) is 49.2 Å². The summed E-state index contributed by atoms with van der Waals surface area (Å²) in [5, 5.41) is 33.4. The van der Waals surface area contributed by atoms with Crippen LogP contribution >= 0.6 is 11.6 Å². The van der Waals surface area contributed by atoms with Crippen LogP contribution in [-0.4, -0.2) is 69.0 Å². The number of aliphatic hydroxyl groups excluding tert-OH is 1. The molecule has 0 spiro atoms. The highest BCUT2D eigenvalue weighted by atomic mass is 35.5. The number of carbonyl (C=O) groups is 1. The highest BCUT2D eigenvalue weighted by Gasteiger charge is 2.37. The smallest absolute Gasteiger partial charge is 0.246 e. The van der Waals surface area contributed by atoms with Crippen molar-refractivity contribution in [2.24, 2.45) is 0 Å². The van der Waals surface area contributed by atoms with Crippen LogP contribution in [0.3, 0.4) is 0 Å². The van der Waals surface area contributed by atoms with Crippen LogP contribution in [0.2, 0.25) is 5.02 Å². The summed E-state index contributed by atoms with van der Waals surface area (Å²) in [4.78, 5) is 20.1. The van der Waals surface area contributed by atoms with Gasteiger partial charge >= 0.3 is 0 Å². The van der Waals surface area contributed by atoms with Crippen molar-refractivity contribution < 1.29 is 24.1 Å².